The fourth-order valence-corrected chi connectivity index (χ4v) is 3.61. The van der Waals surface area contributed by atoms with E-state index in [9.17, 15) is 4.79 Å². The fourth-order valence-electron chi connectivity index (χ4n) is 3.61. The third-order valence-electron chi connectivity index (χ3n) is 4.53. The van der Waals surface area contributed by atoms with Crippen LogP contribution in [-0.2, 0) is 4.79 Å². The SMILES string of the molecule is O=C(CN1C[C@@H]2CCN[C@@H]2C1)NC1CCCC1. The van der Waals surface area contributed by atoms with Gasteiger partial charge in [0, 0.05) is 25.2 Å². The molecule has 4 heteroatoms. The van der Waals surface area contributed by atoms with Crippen molar-refractivity contribution in [3.05, 3.63) is 0 Å². The van der Waals surface area contributed by atoms with E-state index in [0.717, 1.165) is 25.6 Å². The maximum atomic E-state index is 11.9. The molecule has 0 radical (unpaired) electrons. The molecule has 3 aliphatic rings. The van der Waals surface area contributed by atoms with Gasteiger partial charge in [0.15, 0.2) is 0 Å². The third kappa shape index (κ3) is 2.63. The van der Waals surface area contributed by atoms with Crippen LogP contribution in [-0.4, -0.2) is 49.1 Å². The van der Waals surface area contributed by atoms with E-state index in [1.165, 1.54) is 32.1 Å². The molecule has 2 heterocycles. The molecule has 2 atom stereocenters. The lowest BCUT2D eigenvalue weighted by Crippen LogP contribution is -2.41. The van der Waals surface area contributed by atoms with Gasteiger partial charge in [0.1, 0.15) is 0 Å². The number of carbonyl (C=O) groups excluding carboxylic acids is 1. The van der Waals surface area contributed by atoms with E-state index in [2.05, 4.69) is 15.5 Å². The van der Waals surface area contributed by atoms with Gasteiger partial charge in [-0.05, 0) is 31.7 Å². The van der Waals surface area contributed by atoms with Crippen molar-refractivity contribution in [2.75, 3.05) is 26.2 Å². The van der Waals surface area contributed by atoms with E-state index >= 15 is 0 Å². The van der Waals surface area contributed by atoms with Crippen molar-refractivity contribution >= 4 is 5.91 Å². The van der Waals surface area contributed by atoms with E-state index in [1.807, 2.05) is 0 Å². The van der Waals surface area contributed by atoms with Crippen molar-refractivity contribution in [1.82, 2.24) is 15.5 Å². The lowest BCUT2D eigenvalue weighted by Gasteiger charge is -2.18. The molecule has 2 N–H and O–H groups in total. The Morgan fingerprint density at radius 1 is 1.24 bits per heavy atom. The second kappa shape index (κ2) is 4.94. The van der Waals surface area contributed by atoms with Gasteiger partial charge in [-0.25, -0.2) is 0 Å². The van der Waals surface area contributed by atoms with E-state index in [1.54, 1.807) is 0 Å². The highest BCUT2D eigenvalue weighted by Gasteiger charge is 2.36. The average molecular weight is 237 g/mol. The van der Waals surface area contributed by atoms with E-state index in [4.69, 9.17) is 0 Å². The van der Waals surface area contributed by atoms with Crippen molar-refractivity contribution in [2.45, 2.75) is 44.2 Å². The summed E-state index contributed by atoms with van der Waals surface area (Å²) in [5.74, 6) is 1.02. The minimum Gasteiger partial charge on any atom is -0.352 e. The second-order valence-electron chi connectivity index (χ2n) is 5.85. The molecule has 0 bridgehead atoms. The van der Waals surface area contributed by atoms with Gasteiger partial charge in [0.25, 0.3) is 0 Å². The molecule has 0 aromatic rings. The zero-order chi connectivity index (χ0) is 11.7. The smallest absolute Gasteiger partial charge is 0.234 e. The molecule has 1 saturated carbocycles. The van der Waals surface area contributed by atoms with E-state index in [-0.39, 0.29) is 5.91 Å². The van der Waals surface area contributed by atoms with Crippen molar-refractivity contribution in [2.24, 2.45) is 5.92 Å². The Kier molecular flexibility index (Phi) is 3.34. The van der Waals surface area contributed by atoms with Crippen LogP contribution in [0.2, 0.25) is 0 Å². The number of nitrogens with one attached hydrogen (secondary N) is 2. The number of hydrogen-bond acceptors (Lipinski definition) is 3. The minimum absolute atomic E-state index is 0.233. The molecule has 3 fully saturated rings. The Morgan fingerprint density at radius 2 is 2.06 bits per heavy atom. The summed E-state index contributed by atoms with van der Waals surface area (Å²) in [5.41, 5.74) is 0. The topological polar surface area (TPSA) is 44.4 Å². The molecule has 96 valence electrons. The summed E-state index contributed by atoms with van der Waals surface area (Å²) >= 11 is 0. The van der Waals surface area contributed by atoms with Crippen LogP contribution in [0.25, 0.3) is 0 Å². The van der Waals surface area contributed by atoms with Crippen LogP contribution in [0.3, 0.4) is 0 Å². The highest BCUT2D eigenvalue weighted by Crippen LogP contribution is 2.24. The predicted octanol–water partition coefficient (Wildman–Crippen LogP) is 0.339. The van der Waals surface area contributed by atoms with Crippen molar-refractivity contribution in [3.63, 3.8) is 0 Å². The first-order valence-corrected chi connectivity index (χ1v) is 7.06. The molecule has 17 heavy (non-hydrogen) atoms. The first-order valence-electron chi connectivity index (χ1n) is 7.06. The summed E-state index contributed by atoms with van der Waals surface area (Å²) in [7, 11) is 0. The summed E-state index contributed by atoms with van der Waals surface area (Å²) in [6.07, 6.45) is 6.20. The third-order valence-corrected chi connectivity index (χ3v) is 4.53. The monoisotopic (exact) mass is 237 g/mol. The van der Waals surface area contributed by atoms with Gasteiger partial charge in [-0.2, -0.15) is 0 Å². The zero-order valence-corrected chi connectivity index (χ0v) is 10.5. The van der Waals surface area contributed by atoms with Crippen molar-refractivity contribution in [3.8, 4) is 0 Å². The van der Waals surface area contributed by atoms with Gasteiger partial charge < -0.3 is 10.6 Å². The van der Waals surface area contributed by atoms with E-state index < -0.39 is 0 Å². The molecule has 1 aliphatic carbocycles. The van der Waals surface area contributed by atoms with Crippen molar-refractivity contribution < 1.29 is 4.79 Å². The standard InChI is InChI=1S/C13H23N3O/c17-13(15-11-3-1-2-4-11)9-16-7-10-5-6-14-12(10)8-16/h10-12,14H,1-9H2,(H,15,17)/t10-,12+/m0/s1. The first kappa shape index (κ1) is 11.5. The van der Waals surface area contributed by atoms with Crippen molar-refractivity contribution in [1.29, 1.82) is 0 Å². The molecule has 0 unspecified atom stereocenters. The lowest BCUT2D eigenvalue weighted by molar-refractivity contribution is -0.122. The lowest BCUT2D eigenvalue weighted by atomic mass is 10.1. The van der Waals surface area contributed by atoms with Crippen LogP contribution in [0.5, 0.6) is 0 Å². The molecule has 1 amide bonds. The first-order chi connectivity index (χ1) is 8.31. The highest BCUT2D eigenvalue weighted by molar-refractivity contribution is 5.78. The Hall–Kier alpha value is -0.610. The summed E-state index contributed by atoms with van der Waals surface area (Å²) in [4.78, 5) is 14.2. The number of likely N-dealkylation sites (tertiary alicyclic amines) is 1. The minimum atomic E-state index is 0.233. The molecule has 3 rings (SSSR count). The maximum absolute atomic E-state index is 11.9. The van der Waals surface area contributed by atoms with Gasteiger partial charge >= 0.3 is 0 Å². The predicted molar refractivity (Wildman–Crippen MR) is 66.7 cm³/mol. The molecular formula is C13H23N3O. The molecule has 0 aromatic heterocycles. The van der Waals surface area contributed by atoms with Crippen LogP contribution < -0.4 is 10.6 Å². The Labute approximate surface area is 103 Å². The Balaban J connectivity index is 1.42. The van der Waals surface area contributed by atoms with Crippen LogP contribution in [0.15, 0.2) is 0 Å². The van der Waals surface area contributed by atoms with Crippen LogP contribution in [0.1, 0.15) is 32.1 Å². The summed E-state index contributed by atoms with van der Waals surface area (Å²) in [6.45, 7) is 3.93. The quantitative estimate of drug-likeness (QED) is 0.744. The van der Waals surface area contributed by atoms with Crippen LogP contribution >= 0.6 is 0 Å². The molecular weight excluding hydrogens is 214 g/mol. The average Bonchev–Trinajstić information content (AvgIpc) is 2.92. The van der Waals surface area contributed by atoms with Gasteiger partial charge in [0.05, 0.1) is 6.54 Å². The van der Waals surface area contributed by atoms with Crippen LogP contribution in [0.4, 0.5) is 0 Å². The number of nitrogens with zero attached hydrogens (tertiary/aromatic N) is 1. The zero-order valence-electron chi connectivity index (χ0n) is 10.5. The second-order valence-corrected chi connectivity index (χ2v) is 5.85. The number of hydrogen-bond donors (Lipinski definition) is 2. The molecule has 0 aromatic carbocycles. The number of carbonyl (C=O) groups is 1. The number of rotatable bonds is 3. The number of amides is 1. The maximum Gasteiger partial charge on any atom is 0.234 e. The van der Waals surface area contributed by atoms with Gasteiger partial charge in [-0.3, -0.25) is 9.69 Å². The molecule has 2 saturated heterocycles. The number of fused-ring (bicyclic) bond motifs is 1. The van der Waals surface area contributed by atoms with E-state index in [0.29, 0.717) is 18.6 Å². The Morgan fingerprint density at radius 3 is 2.82 bits per heavy atom. The molecule has 4 nitrogen and oxygen atoms in total. The van der Waals surface area contributed by atoms with Gasteiger partial charge in [-0.15, -0.1) is 0 Å². The van der Waals surface area contributed by atoms with Gasteiger partial charge in [0.2, 0.25) is 5.91 Å². The van der Waals surface area contributed by atoms with Gasteiger partial charge in [-0.1, -0.05) is 12.8 Å². The largest absolute Gasteiger partial charge is 0.352 e. The Bertz CT molecular complexity index is 276. The fraction of sp³-hybridized carbons (Fsp3) is 0.923. The molecule has 0 spiro atoms. The van der Waals surface area contributed by atoms with Crippen LogP contribution in [0, 0.1) is 5.92 Å². The molecule has 2 aliphatic heterocycles. The normalized spacial score (nSPS) is 34.1. The summed E-state index contributed by atoms with van der Waals surface area (Å²) in [6, 6.07) is 1.11. The summed E-state index contributed by atoms with van der Waals surface area (Å²) < 4.78 is 0. The highest BCUT2D eigenvalue weighted by atomic mass is 16.2. The summed E-state index contributed by atoms with van der Waals surface area (Å²) in [5, 5.41) is 6.69.